The smallest absolute Gasteiger partial charge is 0.161 e. The molecule has 0 bridgehead atoms. The molecular weight excluding hydrogens is 282 g/mol. The molecule has 0 saturated heterocycles. The number of hydrogen-bond acceptors (Lipinski definition) is 3. The molecule has 0 amide bonds. The summed E-state index contributed by atoms with van der Waals surface area (Å²) in [6.45, 7) is 5.22. The fourth-order valence-electron chi connectivity index (χ4n) is 2.47. The molecule has 21 heavy (non-hydrogen) atoms. The Hall–Kier alpha value is -1.45. The van der Waals surface area contributed by atoms with Crippen LogP contribution >= 0.6 is 11.6 Å². The van der Waals surface area contributed by atoms with Crippen molar-refractivity contribution in [3.8, 4) is 11.4 Å². The predicted molar refractivity (Wildman–Crippen MR) is 88.9 cm³/mol. The highest BCUT2D eigenvalue weighted by Crippen LogP contribution is 2.26. The highest BCUT2D eigenvalue weighted by molar-refractivity contribution is 6.33. The Morgan fingerprint density at radius 2 is 1.67 bits per heavy atom. The first-order valence-electron chi connectivity index (χ1n) is 7.49. The van der Waals surface area contributed by atoms with E-state index in [1.807, 2.05) is 31.3 Å². The van der Waals surface area contributed by atoms with Gasteiger partial charge in [-0.25, -0.2) is 9.97 Å². The van der Waals surface area contributed by atoms with E-state index in [0.717, 1.165) is 48.6 Å². The number of aryl methyl sites for hydroxylation is 2. The van der Waals surface area contributed by atoms with Gasteiger partial charge in [-0.2, -0.15) is 0 Å². The molecule has 0 radical (unpaired) electrons. The molecule has 1 heterocycles. The van der Waals surface area contributed by atoms with E-state index in [2.05, 4.69) is 19.2 Å². The van der Waals surface area contributed by atoms with Gasteiger partial charge in [0.15, 0.2) is 5.82 Å². The number of nitrogens with zero attached hydrogens (tertiary/aromatic N) is 2. The Morgan fingerprint density at radius 3 is 2.19 bits per heavy atom. The van der Waals surface area contributed by atoms with Gasteiger partial charge in [0.25, 0.3) is 0 Å². The quantitative estimate of drug-likeness (QED) is 0.884. The minimum Gasteiger partial charge on any atom is -0.319 e. The molecule has 0 spiro atoms. The maximum Gasteiger partial charge on any atom is 0.161 e. The molecule has 0 saturated carbocycles. The van der Waals surface area contributed by atoms with Crippen LogP contribution in [0.1, 0.15) is 30.8 Å². The van der Waals surface area contributed by atoms with Crippen molar-refractivity contribution in [2.75, 3.05) is 13.6 Å². The molecule has 0 aliphatic carbocycles. The molecule has 112 valence electrons. The maximum atomic E-state index is 6.28. The normalized spacial score (nSPS) is 10.9. The lowest BCUT2D eigenvalue weighted by molar-refractivity contribution is 0.760. The fourth-order valence-corrected chi connectivity index (χ4v) is 2.69. The van der Waals surface area contributed by atoms with Gasteiger partial charge in [-0.15, -0.1) is 0 Å². The van der Waals surface area contributed by atoms with Crippen LogP contribution in [0, 0.1) is 0 Å². The standard InChI is InChI=1S/C17H22ClN3/c1-4-15-13(10-11-19-3)16(5-2)21-17(20-15)12-8-6-7-9-14(12)18/h6-9,19H,4-5,10-11H2,1-3H3. The first-order chi connectivity index (χ1) is 10.2. The van der Waals surface area contributed by atoms with Crippen molar-refractivity contribution in [1.29, 1.82) is 0 Å². The van der Waals surface area contributed by atoms with Crippen molar-refractivity contribution in [3.63, 3.8) is 0 Å². The van der Waals surface area contributed by atoms with Crippen LogP contribution in [-0.2, 0) is 19.3 Å². The maximum absolute atomic E-state index is 6.28. The Kier molecular flexibility index (Phi) is 5.71. The fraction of sp³-hybridized carbons (Fsp3) is 0.412. The predicted octanol–water partition coefficient (Wildman–Crippen LogP) is 3.68. The average molecular weight is 304 g/mol. The number of aromatic nitrogens is 2. The number of halogens is 1. The number of benzene rings is 1. The van der Waals surface area contributed by atoms with E-state index in [1.54, 1.807) is 0 Å². The van der Waals surface area contributed by atoms with E-state index in [4.69, 9.17) is 21.6 Å². The van der Waals surface area contributed by atoms with Crippen molar-refractivity contribution >= 4 is 11.6 Å². The van der Waals surface area contributed by atoms with E-state index in [1.165, 1.54) is 5.56 Å². The Labute approximate surface area is 131 Å². The minimum absolute atomic E-state index is 0.699. The molecule has 1 aromatic heterocycles. The summed E-state index contributed by atoms with van der Waals surface area (Å²) in [6, 6.07) is 7.75. The molecule has 2 aromatic rings. The second-order valence-electron chi connectivity index (χ2n) is 4.96. The molecule has 3 nitrogen and oxygen atoms in total. The molecule has 1 N–H and O–H groups in total. The highest BCUT2D eigenvalue weighted by atomic mass is 35.5. The minimum atomic E-state index is 0.699. The van der Waals surface area contributed by atoms with E-state index in [9.17, 15) is 0 Å². The zero-order chi connectivity index (χ0) is 15.2. The van der Waals surface area contributed by atoms with Crippen molar-refractivity contribution in [2.45, 2.75) is 33.1 Å². The van der Waals surface area contributed by atoms with Gasteiger partial charge < -0.3 is 5.32 Å². The van der Waals surface area contributed by atoms with Gasteiger partial charge in [-0.3, -0.25) is 0 Å². The third-order valence-corrected chi connectivity index (χ3v) is 3.92. The van der Waals surface area contributed by atoms with Crippen LogP contribution in [0.3, 0.4) is 0 Å². The second-order valence-corrected chi connectivity index (χ2v) is 5.37. The first kappa shape index (κ1) is 15.9. The highest BCUT2D eigenvalue weighted by Gasteiger charge is 2.14. The van der Waals surface area contributed by atoms with Crippen LogP contribution in [0.2, 0.25) is 5.02 Å². The third-order valence-electron chi connectivity index (χ3n) is 3.59. The molecule has 4 heteroatoms. The molecule has 1 aromatic carbocycles. The number of likely N-dealkylation sites (N-methyl/N-ethyl adjacent to an activating group) is 1. The first-order valence-corrected chi connectivity index (χ1v) is 7.87. The number of nitrogens with one attached hydrogen (secondary N) is 1. The van der Waals surface area contributed by atoms with Gasteiger partial charge in [0.1, 0.15) is 0 Å². The van der Waals surface area contributed by atoms with Crippen LogP contribution < -0.4 is 5.32 Å². The third kappa shape index (κ3) is 3.60. The lowest BCUT2D eigenvalue weighted by atomic mass is 10.0. The van der Waals surface area contributed by atoms with Gasteiger partial charge in [-0.1, -0.05) is 37.6 Å². The Morgan fingerprint density at radius 1 is 1.05 bits per heavy atom. The van der Waals surface area contributed by atoms with E-state index < -0.39 is 0 Å². The number of rotatable bonds is 6. The van der Waals surface area contributed by atoms with Gasteiger partial charge >= 0.3 is 0 Å². The average Bonchev–Trinajstić information content (AvgIpc) is 2.52. The molecule has 0 aliphatic rings. The van der Waals surface area contributed by atoms with Crippen LogP contribution in [0.4, 0.5) is 0 Å². The summed E-state index contributed by atoms with van der Waals surface area (Å²) in [6.07, 6.45) is 2.78. The van der Waals surface area contributed by atoms with Crippen molar-refractivity contribution < 1.29 is 0 Å². The summed E-state index contributed by atoms with van der Waals surface area (Å²) < 4.78 is 0. The molecule has 0 aliphatic heterocycles. The molecular formula is C17H22ClN3. The molecule has 0 atom stereocenters. The second kappa shape index (κ2) is 7.53. The SMILES string of the molecule is CCc1nc(-c2ccccc2Cl)nc(CC)c1CCNC. The van der Waals surface area contributed by atoms with Gasteiger partial charge in [0, 0.05) is 17.0 Å². The summed E-state index contributed by atoms with van der Waals surface area (Å²) in [7, 11) is 1.97. The Balaban J connectivity index is 2.52. The molecule has 0 fully saturated rings. The lowest BCUT2D eigenvalue weighted by Gasteiger charge is -2.14. The summed E-state index contributed by atoms with van der Waals surface area (Å²) in [4.78, 5) is 9.52. The summed E-state index contributed by atoms with van der Waals surface area (Å²) in [5, 5.41) is 3.90. The zero-order valence-electron chi connectivity index (χ0n) is 12.9. The van der Waals surface area contributed by atoms with Gasteiger partial charge in [0.2, 0.25) is 0 Å². The van der Waals surface area contributed by atoms with Crippen LogP contribution in [-0.4, -0.2) is 23.6 Å². The van der Waals surface area contributed by atoms with E-state index in [-0.39, 0.29) is 0 Å². The number of hydrogen-bond donors (Lipinski definition) is 1. The summed E-state index contributed by atoms with van der Waals surface area (Å²) >= 11 is 6.28. The van der Waals surface area contributed by atoms with Crippen LogP contribution in [0.5, 0.6) is 0 Å². The van der Waals surface area contributed by atoms with Crippen molar-refractivity contribution in [3.05, 3.63) is 46.2 Å². The van der Waals surface area contributed by atoms with E-state index >= 15 is 0 Å². The van der Waals surface area contributed by atoms with Crippen molar-refractivity contribution in [2.24, 2.45) is 0 Å². The topological polar surface area (TPSA) is 37.8 Å². The summed E-state index contributed by atoms with van der Waals surface area (Å²) in [5.41, 5.74) is 4.45. The zero-order valence-corrected chi connectivity index (χ0v) is 13.7. The van der Waals surface area contributed by atoms with Crippen molar-refractivity contribution in [1.82, 2.24) is 15.3 Å². The van der Waals surface area contributed by atoms with Crippen LogP contribution in [0.25, 0.3) is 11.4 Å². The summed E-state index contributed by atoms with van der Waals surface area (Å²) in [5.74, 6) is 0.738. The molecule has 2 rings (SSSR count). The van der Waals surface area contributed by atoms with Gasteiger partial charge in [-0.05, 0) is 50.6 Å². The monoisotopic (exact) mass is 303 g/mol. The lowest BCUT2D eigenvalue weighted by Crippen LogP contribution is -2.15. The molecule has 0 unspecified atom stereocenters. The van der Waals surface area contributed by atoms with Crippen LogP contribution in [0.15, 0.2) is 24.3 Å². The largest absolute Gasteiger partial charge is 0.319 e. The van der Waals surface area contributed by atoms with E-state index in [0.29, 0.717) is 5.02 Å². The van der Waals surface area contributed by atoms with Gasteiger partial charge in [0.05, 0.1) is 5.02 Å². The Bertz CT molecular complexity index is 586.